The number of amides is 1. The molecule has 6 heteroatoms. The summed E-state index contributed by atoms with van der Waals surface area (Å²) in [6.45, 7) is 0.393. The molecular formula is C20H14Cl3NO2. The van der Waals surface area contributed by atoms with Gasteiger partial charge in [0, 0.05) is 15.6 Å². The van der Waals surface area contributed by atoms with E-state index in [9.17, 15) is 4.79 Å². The van der Waals surface area contributed by atoms with Crippen LogP contribution in [-0.4, -0.2) is 5.91 Å². The number of benzene rings is 3. The predicted molar refractivity (Wildman–Crippen MR) is 107 cm³/mol. The van der Waals surface area contributed by atoms with E-state index in [1.165, 1.54) is 0 Å². The number of halogens is 3. The fraction of sp³-hybridized carbons (Fsp3) is 0.0500. The fourth-order valence-electron chi connectivity index (χ4n) is 2.24. The van der Waals surface area contributed by atoms with Gasteiger partial charge in [0.25, 0.3) is 5.91 Å². The van der Waals surface area contributed by atoms with E-state index in [1.807, 2.05) is 12.1 Å². The largest absolute Gasteiger partial charge is 0.489 e. The van der Waals surface area contributed by atoms with Crippen molar-refractivity contribution in [2.75, 3.05) is 5.32 Å². The van der Waals surface area contributed by atoms with Gasteiger partial charge in [0.1, 0.15) is 12.4 Å². The molecule has 3 rings (SSSR count). The van der Waals surface area contributed by atoms with Crippen LogP contribution in [0.5, 0.6) is 5.75 Å². The Morgan fingerprint density at radius 2 is 1.50 bits per heavy atom. The first-order valence-electron chi connectivity index (χ1n) is 7.75. The van der Waals surface area contributed by atoms with Gasteiger partial charge in [-0.25, -0.2) is 0 Å². The van der Waals surface area contributed by atoms with Crippen LogP contribution in [-0.2, 0) is 6.61 Å². The predicted octanol–water partition coefficient (Wildman–Crippen LogP) is 6.48. The van der Waals surface area contributed by atoms with Crippen molar-refractivity contribution >= 4 is 46.4 Å². The van der Waals surface area contributed by atoms with Crippen LogP contribution in [0.25, 0.3) is 0 Å². The third-order valence-corrected chi connectivity index (χ3v) is 4.43. The van der Waals surface area contributed by atoms with Crippen LogP contribution < -0.4 is 10.1 Å². The van der Waals surface area contributed by atoms with Crippen molar-refractivity contribution in [1.29, 1.82) is 0 Å². The second kappa shape index (κ2) is 8.45. The van der Waals surface area contributed by atoms with Crippen LogP contribution in [0.15, 0.2) is 66.7 Å². The minimum Gasteiger partial charge on any atom is -0.489 e. The van der Waals surface area contributed by atoms with E-state index in [0.29, 0.717) is 32.9 Å². The van der Waals surface area contributed by atoms with Crippen molar-refractivity contribution in [2.24, 2.45) is 0 Å². The SMILES string of the molecule is O=C(Nc1cc(Cl)ccc1Cl)c1ccc(COc2ccc(Cl)cc2)cc1. The van der Waals surface area contributed by atoms with Gasteiger partial charge in [-0.3, -0.25) is 4.79 Å². The Hall–Kier alpha value is -2.20. The minimum atomic E-state index is -0.265. The lowest BCUT2D eigenvalue weighted by molar-refractivity contribution is 0.102. The molecule has 0 atom stereocenters. The number of ether oxygens (including phenoxy) is 1. The quantitative estimate of drug-likeness (QED) is 0.526. The molecule has 3 aromatic carbocycles. The summed E-state index contributed by atoms with van der Waals surface area (Å²) in [6.07, 6.45) is 0. The molecule has 3 aromatic rings. The summed E-state index contributed by atoms with van der Waals surface area (Å²) in [5, 5.41) is 4.34. The summed E-state index contributed by atoms with van der Waals surface area (Å²) < 4.78 is 5.68. The van der Waals surface area contributed by atoms with Gasteiger partial charge in [-0.15, -0.1) is 0 Å². The molecule has 0 aliphatic heterocycles. The average molecular weight is 407 g/mol. The first kappa shape index (κ1) is 18.6. The maximum absolute atomic E-state index is 12.3. The second-order valence-electron chi connectivity index (χ2n) is 5.52. The van der Waals surface area contributed by atoms with E-state index >= 15 is 0 Å². The summed E-state index contributed by atoms with van der Waals surface area (Å²) in [5.74, 6) is 0.464. The lowest BCUT2D eigenvalue weighted by Crippen LogP contribution is -2.12. The van der Waals surface area contributed by atoms with Crippen LogP contribution in [0.3, 0.4) is 0 Å². The van der Waals surface area contributed by atoms with E-state index in [-0.39, 0.29) is 5.91 Å². The van der Waals surface area contributed by atoms with E-state index in [1.54, 1.807) is 54.6 Å². The molecule has 0 heterocycles. The van der Waals surface area contributed by atoms with Crippen molar-refractivity contribution in [2.45, 2.75) is 6.61 Å². The molecule has 0 saturated carbocycles. The first-order chi connectivity index (χ1) is 12.5. The molecule has 1 N–H and O–H groups in total. The average Bonchev–Trinajstić information content (AvgIpc) is 2.64. The molecule has 0 aliphatic rings. The van der Waals surface area contributed by atoms with E-state index in [0.717, 1.165) is 11.3 Å². The molecule has 0 fully saturated rings. The van der Waals surface area contributed by atoms with Gasteiger partial charge in [-0.05, 0) is 60.2 Å². The summed E-state index contributed by atoms with van der Waals surface area (Å²) in [7, 11) is 0. The molecule has 1 amide bonds. The van der Waals surface area contributed by atoms with Crippen molar-refractivity contribution in [3.8, 4) is 5.75 Å². The van der Waals surface area contributed by atoms with Gasteiger partial charge in [0.15, 0.2) is 0 Å². The molecule has 3 nitrogen and oxygen atoms in total. The second-order valence-corrected chi connectivity index (χ2v) is 6.80. The smallest absolute Gasteiger partial charge is 0.255 e. The van der Waals surface area contributed by atoms with E-state index < -0.39 is 0 Å². The Balaban J connectivity index is 1.62. The molecule has 26 heavy (non-hydrogen) atoms. The van der Waals surface area contributed by atoms with Crippen molar-refractivity contribution in [3.05, 3.63) is 92.9 Å². The Kier molecular flexibility index (Phi) is 6.04. The topological polar surface area (TPSA) is 38.3 Å². The lowest BCUT2D eigenvalue weighted by Gasteiger charge is -2.09. The maximum atomic E-state index is 12.3. The lowest BCUT2D eigenvalue weighted by atomic mass is 10.1. The molecule has 0 aromatic heterocycles. The standard InChI is InChI=1S/C20H14Cl3NO2/c21-15-5-8-17(9-6-15)26-12-13-1-3-14(4-2-13)20(25)24-19-11-16(22)7-10-18(19)23/h1-11H,12H2,(H,24,25). The van der Waals surface area contributed by atoms with E-state index in [2.05, 4.69) is 5.32 Å². The first-order valence-corrected chi connectivity index (χ1v) is 8.88. The minimum absolute atomic E-state index is 0.265. The molecule has 0 saturated heterocycles. The molecular weight excluding hydrogens is 393 g/mol. The van der Waals surface area contributed by atoms with Crippen LogP contribution in [0, 0.1) is 0 Å². The summed E-state index contributed by atoms with van der Waals surface area (Å²) in [4.78, 5) is 12.3. The Bertz CT molecular complexity index is 909. The number of rotatable bonds is 5. The zero-order valence-corrected chi connectivity index (χ0v) is 15.8. The highest BCUT2D eigenvalue weighted by atomic mass is 35.5. The monoisotopic (exact) mass is 405 g/mol. The van der Waals surface area contributed by atoms with E-state index in [4.69, 9.17) is 39.5 Å². The number of hydrogen-bond donors (Lipinski definition) is 1. The third kappa shape index (κ3) is 4.92. The zero-order valence-electron chi connectivity index (χ0n) is 13.5. The number of hydrogen-bond acceptors (Lipinski definition) is 2. The van der Waals surface area contributed by atoms with Crippen LogP contribution >= 0.6 is 34.8 Å². The van der Waals surface area contributed by atoms with Gasteiger partial charge >= 0.3 is 0 Å². The Labute approximate surface area is 166 Å². The molecule has 0 radical (unpaired) electrons. The number of nitrogens with one attached hydrogen (secondary N) is 1. The van der Waals surface area contributed by atoms with Gasteiger partial charge in [-0.2, -0.15) is 0 Å². The Morgan fingerprint density at radius 3 is 2.19 bits per heavy atom. The van der Waals surface area contributed by atoms with Crippen LogP contribution in [0.2, 0.25) is 15.1 Å². The summed E-state index contributed by atoms with van der Waals surface area (Å²) in [6, 6.07) is 19.2. The van der Waals surface area contributed by atoms with Gasteiger partial charge in [-0.1, -0.05) is 46.9 Å². The van der Waals surface area contributed by atoms with Crippen molar-refractivity contribution < 1.29 is 9.53 Å². The molecule has 0 aliphatic carbocycles. The van der Waals surface area contributed by atoms with Gasteiger partial charge < -0.3 is 10.1 Å². The Morgan fingerprint density at radius 1 is 0.846 bits per heavy atom. The van der Waals surface area contributed by atoms with Crippen molar-refractivity contribution in [3.63, 3.8) is 0 Å². The number of carbonyl (C=O) groups excluding carboxylic acids is 1. The van der Waals surface area contributed by atoms with Gasteiger partial charge in [0.2, 0.25) is 0 Å². The highest BCUT2D eigenvalue weighted by molar-refractivity contribution is 6.35. The zero-order chi connectivity index (χ0) is 18.5. The number of carbonyl (C=O) groups is 1. The molecule has 0 unspecified atom stereocenters. The van der Waals surface area contributed by atoms with Crippen molar-refractivity contribution in [1.82, 2.24) is 0 Å². The fourth-order valence-corrected chi connectivity index (χ4v) is 2.70. The highest BCUT2D eigenvalue weighted by Gasteiger charge is 2.09. The van der Waals surface area contributed by atoms with Crippen LogP contribution in [0.4, 0.5) is 5.69 Å². The number of anilines is 1. The highest BCUT2D eigenvalue weighted by Crippen LogP contribution is 2.26. The molecule has 0 spiro atoms. The normalized spacial score (nSPS) is 10.4. The van der Waals surface area contributed by atoms with Gasteiger partial charge in [0.05, 0.1) is 10.7 Å². The van der Waals surface area contributed by atoms with Crippen LogP contribution in [0.1, 0.15) is 15.9 Å². The maximum Gasteiger partial charge on any atom is 0.255 e. The third-order valence-electron chi connectivity index (χ3n) is 3.61. The molecule has 0 bridgehead atoms. The summed E-state index contributed by atoms with van der Waals surface area (Å²) >= 11 is 17.8. The molecule has 132 valence electrons. The summed E-state index contributed by atoms with van der Waals surface area (Å²) in [5.41, 5.74) is 1.92.